The van der Waals surface area contributed by atoms with Gasteiger partial charge in [0.05, 0.1) is 22.9 Å². The molecule has 128 valence electrons. The molecule has 6 nitrogen and oxygen atoms in total. The maximum Gasteiger partial charge on any atom is 0.200 e. The first-order valence-corrected chi connectivity index (χ1v) is 8.21. The lowest BCUT2D eigenvalue weighted by Gasteiger charge is -2.12. The number of nitrogens with one attached hydrogen (secondary N) is 1. The number of hydrogen-bond donors (Lipinski definition) is 3. The number of H-pyrrole nitrogens is 1. The molecule has 3 rings (SSSR count). The lowest BCUT2D eigenvalue weighted by atomic mass is 10.1. The predicted octanol–water partition coefficient (Wildman–Crippen LogP) is 3.70. The lowest BCUT2D eigenvalue weighted by molar-refractivity contribution is 0.238. The van der Waals surface area contributed by atoms with Crippen LogP contribution in [0.3, 0.4) is 0 Å². The average molecular weight is 354 g/mol. The average Bonchev–Trinajstić information content (AvgIpc) is 2.95. The van der Waals surface area contributed by atoms with Crippen molar-refractivity contribution in [2.45, 2.75) is 20.0 Å². The Morgan fingerprint density at radius 1 is 1.32 bits per heavy atom. The van der Waals surface area contributed by atoms with E-state index in [2.05, 4.69) is 15.2 Å². The maximum atomic E-state index is 10.3. The summed E-state index contributed by atoms with van der Waals surface area (Å²) in [5.74, 6) is 0.393. The van der Waals surface area contributed by atoms with Crippen LogP contribution in [0.5, 0.6) is 0 Å². The van der Waals surface area contributed by atoms with Crippen LogP contribution in [-0.2, 0) is 0 Å². The SMILES string of the molecule is C/C=C(\C(O)=C/[C@H](C)O)c1n[nH]c(=S)n1-c1cccc2ncccc12. The molecule has 25 heavy (non-hydrogen) atoms. The van der Waals surface area contributed by atoms with Crippen LogP contribution in [-0.4, -0.2) is 36.1 Å². The molecule has 2 aromatic heterocycles. The van der Waals surface area contributed by atoms with E-state index in [0.29, 0.717) is 16.2 Å². The first-order chi connectivity index (χ1) is 12.0. The summed E-state index contributed by atoms with van der Waals surface area (Å²) < 4.78 is 2.15. The number of aliphatic hydroxyl groups excluding tert-OH is 2. The zero-order valence-electron chi connectivity index (χ0n) is 13.8. The monoisotopic (exact) mass is 354 g/mol. The van der Waals surface area contributed by atoms with Crippen molar-refractivity contribution in [3.05, 3.63) is 65.0 Å². The molecular weight excluding hydrogens is 336 g/mol. The summed E-state index contributed by atoms with van der Waals surface area (Å²) >= 11 is 5.41. The number of aliphatic hydroxyl groups is 2. The van der Waals surface area contributed by atoms with Crippen molar-refractivity contribution in [2.75, 3.05) is 0 Å². The Hall–Kier alpha value is -2.77. The van der Waals surface area contributed by atoms with E-state index in [1.807, 2.05) is 30.3 Å². The second-order valence-corrected chi connectivity index (χ2v) is 5.92. The summed E-state index contributed by atoms with van der Waals surface area (Å²) in [7, 11) is 0. The molecule has 0 aliphatic carbocycles. The van der Waals surface area contributed by atoms with Crippen LogP contribution in [0.15, 0.2) is 54.4 Å². The molecule has 0 spiro atoms. The molecule has 3 N–H and O–H groups in total. The van der Waals surface area contributed by atoms with Crippen LogP contribution in [0.4, 0.5) is 0 Å². The molecule has 0 bridgehead atoms. The Morgan fingerprint density at radius 3 is 2.84 bits per heavy atom. The maximum absolute atomic E-state index is 10.3. The Labute approximate surface area is 149 Å². The van der Waals surface area contributed by atoms with Gasteiger partial charge in [-0.25, -0.2) is 0 Å². The van der Waals surface area contributed by atoms with Gasteiger partial charge in [0.2, 0.25) is 0 Å². The molecule has 0 fully saturated rings. The van der Waals surface area contributed by atoms with E-state index in [4.69, 9.17) is 12.2 Å². The third-order valence-electron chi connectivity index (χ3n) is 3.74. The minimum Gasteiger partial charge on any atom is -0.507 e. The van der Waals surface area contributed by atoms with Gasteiger partial charge >= 0.3 is 0 Å². The molecule has 3 aromatic rings. The smallest absolute Gasteiger partial charge is 0.200 e. The zero-order valence-corrected chi connectivity index (χ0v) is 14.7. The number of pyridine rings is 1. The summed E-state index contributed by atoms with van der Waals surface area (Å²) in [6.07, 6.45) is 4.02. The Morgan fingerprint density at radius 2 is 2.12 bits per heavy atom. The first kappa shape index (κ1) is 17.1. The molecular formula is C18H18N4O2S. The molecule has 1 aromatic carbocycles. The largest absolute Gasteiger partial charge is 0.507 e. The van der Waals surface area contributed by atoms with E-state index in [1.165, 1.54) is 6.08 Å². The lowest BCUT2D eigenvalue weighted by Crippen LogP contribution is -2.05. The Bertz CT molecular complexity index is 1030. The second kappa shape index (κ2) is 7.00. The van der Waals surface area contributed by atoms with Gasteiger partial charge in [0.15, 0.2) is 10.6 Å². The third kappa shape index (κ3) is 3.24. The standard InChI is InChI=1S/C18H18N4O2S/c1-3-12(16(24)10-11(2)23)17-20-21-18(25)22(17)15-8-4-7-14-13(15)6-5-9-19-14/h3-11,23-24H,1-2H3,(H,21,25)/b12-3+,16-10+/t11-/m0/s1. The number of benzene rings is 1. The van der Waals surface area contributed by atoms with Gasteiger partial charge in [0, 0.05) is 11.6 Å². The highest BCUT2D eigenvalue weighted by Crippen LogP contribution is 2.27. The highest BCUT2D eigenvalue weighted by atomic mass is 32.1. The van der Waals surface area contributed by atoms with Crippen molar-refractivity contribution in [1.82, 2.24) is 19.7 Å². The summed E-state index contributed by atoms with van der Waals surface area (Å²) in [4.78, 5) is 4.36. The van der Waals surface area contributed by atoms with Crippen LogP contribution in [0, 0.1) is 4.77 Å². The molecule has 0 amide bonds. The first-order valence-electron chi connectivity index (χ1n) is 7.80. The van der Waals surface area contributed by atoms with Gasteiger partial charge in [0.1, 0.15) is 5.76 Å². The highest BCUT2D eigenvalue weighted by molar-refractivity contribution is 7.71. The van der Waals surface area contributed by atoms with Crippen molar-refractivity contribution in [1.29, 1.82) is 0 Å². The van der Waals surface area contributed by atoms with Gasteiger partial charge in [0.25, 0.3) is 0 Å². The number of fused-ring (bicyclic) bond motifs is 1. The zero-order chi connectivity index (χ0) is 18.0. The van der Waals surface area contributed by atoms with E-state index in [1.54, 1.807) is 30.7 Å². The molecule has 2 heterocycles. The summed E-state index contributed by atoms with van der Waals surface area (Å²) in [6, 6.07) is 9.54. The molecule has 0 saturated carbocycles. The van der Waals surface area contributed by atoms with Crippen LogP contribution >= 0.6 is 12.2 Å². The van der Waals surface area contributed by atoms with Crippen LogP contribution in [0.25, 0.3) is 22.2 Å². The van der Waals surface area contributed by atoms with E-state index in [9.17, 15) is 10.2 Å². The second-order valence-electron chi connectivity index (χ2n) is 5.53. The quantitative estimate of drug-likeness (QED) is 0.378. The topological polar surface area (TPSA) is 87.0 Å². The van der Waals surface area contributed by atoms with Crippen molar-refractivity contribution in [2.24, 2.45) is 0 Å². The van der Waals surface area contributed by atoms with E-state index < -0.39 is 6.10 Å². The van der Waals surface area contributed by atoms with Gasteiger partial charge in [-0.2, -0.15) is 5.10 Å². The summed E-state index contributed by atoms with van der Waals surface area (Å²) in [6.45, 7) is 3.35. The van der Waals surface area contributed by atoms with Crippen molar-refractivity contribution in [3.8, 4) is 5.69 Å². The van der Waals surface area contributed by atoms with Crippen LogP contribution in [0.2, 0.25) is 0 Å². The molecule has 0 radical (unpaired) electrons. The molecule has 0 saturated heterocycles. The van der Waals surface area contributed by atoms with Crippen LogP contribution < -0.4 is 0 Å². The fraction of sp³-hybridized carbons (Fsp3) is 0.167. The van der Waals surface area contributed by atoms with Gasteiger partial charge < -0.3 is 10.2 Å². The van der Waals surface area contributed by atoms with Crippen molar-refractivity contribution < 1.29 is 10.2 Å². The van der Waals surface area contributed by atoms with Crippen molar-refractivity contribution >= 4 is 28.7 Å². The number of nitrogens with zero attached hydrogens (tertiary/aromatic N) is 3. The van der Waals surface area contributed by atoms with Gasteiger partial charge in [-0.1, -0.05) is 12.1 Å². The normalized spacial score (nSPS) is 14.0. The van der Waals surface area contributed by atoms with Crippen LogP contribution in [0.1, 0.15) is 19.7 Å². The molecule has 0 aliphatic rings. The summed E-state index contributed by atoms with van der Waals surface area (Å²) in [5.41, 5.74) is 2.11. The minimum atomic E-state index is -0.785. The molecule has 0 aliphatic heterocycles. The number of allylic oxidation sites excluding steroid dienone is 2. The Kier molecular flexibility index (Phi) is 4.78. The highest BCUT2D eigenvalue weighted by Gasteiger charge is 2.17. The van der Waals surface area contributed by atoms with E-state index in [-0.39, 0.29) is 5.76 Å². The number of hydrogen-bond acceptors (Lipinski definition) is 5. The minimum absolute atomic E-state index is 0.0638. The fourth-order valence-corrected chi connectivity index (χ4v) is 2.92. The Balaban J connectivity index is 2.26. The van der Waals surface area contributed by atoms with Crippen molar-refractivity contribution in [3.63, 3.8) is 0 Å². The summed E-state index contributed by atoms with van der Waals surface area (Å²) in [5, 5.41) is 27.8. The van der Waals surface area contributed by atoms with Gasteiger partial charge in [-0.05, 0) is 56.4 Å². The number of aromatic amines is 1. The van der Waals surface area contributed by atoms with E-state index in [0.717, 1.165) is 16.6 Å². The van der Waals surface area contributed by atoms with Gasteiger partial charge in [-0.3, -0.25) is 14.6 Å². The third-order valence-corrected chi connectivity index (χ3v) is 4.01. The molecule has 0 unspecified atom stereocenters. The van der Waals surface area contributed by atoms with E-state index >= 15 is 0 Å². The molecule has 7 heteroatoms. The fourth-order valence-electron chi connectivity index (χ4n) is 2.69. The number of aromatic nitrogens is 4. The molecule has 1 atom stereocenters. The predicted molar refractivity (Wildman–Crippen MR) is 100 cm³/mol. The van der Waals surface area contributed by atoms with Gasteiger partial charge in [-0.15, -0.1) is 0 Å². The number of rotatable bonds is 4.